The fourth-order valence-electron chi connectivity index (χ4n) is 1.60. The van der Waals surface area contributed by atoms with Crippen molar-refractivity contribution in [2.45, 2.75) is 32.1 Å². The predicted octanol–water partition coefficient (Wildman–Crippen LogP) is 2.72. The van der Waals surface area contributed by atoms with Gasteiger partial charge >= 0.3 is 5.97 Å². The minimum Gasteiger partial charge on any atom is -0.461 e. The van der Waals surface area contributed by atoms with Crippen LogP contribution in [0.5, 0.6) is 0 Å². The quantitative estimate of drug-likeness (QED) is 0.522. The molecule has 1 fully saturated rings. The summed E-state index contributed by atoms with van der Waals surface area (Å²) in [4.78, 5) is 11.3. The van der Waals surface area contributed by atoms with Gasteiger partial charge in [0.25, 0.3) is 0 Å². The van der Waals surface area contributed by atoms with Crippen LogP contribution >= 0.6 is 12.4 Å². The van der Waals surface area contributed by atoms with E-state index in [1.807, 2.05) is 0 Å². The van der Waals surface area contributed by atoms with Gasteiger partial charge < -0.3 is 4.74 Å². The van der Waals surface area contributed by atoms with E-state index >= 15 is 0 Å². The highest BCUT2D eigenvalue weighted by molar-refractivity contribution is 5.85. The zero-order valence-corrected chi connectivity index (χ0v) is 8.65. The van der Waals surface area contributed by atoms with Crippen LogP contribution < -0.4 is 0 Å². The first-order chi connectivity index (χ1) is 5.84. The Balaban J connectivity index is 0.00000144. The second kappa shape index (κ2) is 6.96. The molecule has 3 heteroatoms. The van der Waals surface area contributed by atoms with Gasteiger partial charge in [0, 0.05) is 0 Å². The lowest BCUT2D eigenvalue weighted by Gasteiger charge is -2.19. The molecule has 1 saturated carbocycles. The van der Waals surface area contributed by atoms with Crippen LogP contribution in [-0.2, 0) is 9.53 Å². The van der Waals surface area contributed by atoms with E-state index in [1.165, 1.54) is 19.3 Å². The molecule has 2 nitrogen and oxygen atoms in total. The lowest BCUT2D eigenvalue weighted by Crippen LogP contribution is -2.20. The average molecular weight is 205 g/mol. The molecule has 0 aromatic rings. The van der Waals surface area contributed by atoms with Crippen molar-refractivity contribution < 1.29 is 9.53 Å². The third-order valence-corrected chi connectivity index (χ3v) is 2.28. The van der Waals surface area contributed by atoms with E-state index in [2.05, 4.69) is 6.58 Å². The summed E-state index contributed by atoms with van der Waals surface area (Å²) in [7, 11) is 0. The standard InChI is InChI=1S/C10H16O2.ClH/c1-2-8-12-10(11)9-6-4-3-5-7-9;/h2,9H,1,3-8H2;1H. The minimum absolute atomic E-state index is 0. The van der Waals surface area contributed by atoms with E-state index in [-0.39, 0.29) is 24.3 Å². The first-order valence-corrected chi connectivity index (χ1v) is 4.62. The number of halogens is 1. The normalized spacial score (nSPS) is 17.2. The molecule has 0 N–H and O–H groups in total. The highest BCUT2D eigenvalue weighted by Gasteiger charge is 2.21. The van der Waals surface area contributed by atoms with Crippen molar-refractivity contribution in [1.82, 2.24) is 0 Å². The Labute approximate surface area is 85.8 Å². The van der Waals surface area contributed by atoms with Crippen molar-refractivity contribution in [3.8, 4) is 0 Å². The SMILES string of the molecule is C=CCOC(=O)C1CCCCC1.Cl. The summed E-state index contributed by atoms with van der Waals surface area (Å²) in [6.45, 7) is 3.86. The lowest BCUT2D eigenvalue weighted by molar-refractivity contribution is -0.148. The number of carbonyl (C=O) groups excluding carboxylic acids is 1. The molecule has 0 radical (unpaired) electrons. The van der Waals surface area contributed by atoms with E-state index in [9.17, 15) is 4.79 Å². The van der Waals surface area contributed by atoms with Gasteiger partial charge in [0.05, 0.1) is 5.92 Å². The summed E-state index contributed by atoms with van der Waals surface area (Å²) in [5, 5.41) is 0. The molecule has 0 amide bonds. The molecule has 0 heterocycles. The van der Waals surface area contributed by atoms with Crippen molar-refractivity contribution in [3.05, 3.63) is 12.7 Å². The predicted molar refractivity (Wildman–Crippen MR) is 55.0 cm³/mol. The molecule has 1 aliphatic carbocycles. The van der Waals surface area contributed by atoms with Crippen LogP contribution in [0, 0.1) is 5.92 Å². The van der Waals surface area contributed by atoms with Crippen LogP contribution in [-0.4, -0.2) is 12.6 Å². The van der Waals surface area contributed by atoms with Gasteiger partial charge in [-0.2, -0.15) is 0 Å². The molecular weight excluding hydrogens is 188 g/mol. The Morgan fingerprint density at radius 3 is 2.54 bits per heavy atom. The Kier molecular flexibility index (Phi) is 6.69. The minimum atomic E-state index is -0.0328. The van der Waals surface area contributed by atoms with Crippen molar-refractivity contribution in [3.63, 3.8) is 0 Å². The van der Waals surface area contributed by atoms with Gasteiger partial charge in [0.15, 0.2) is 0 Å². The van der Waals surface area contributed by atoms with Crippen LogP contribution in [0.2, 0.25) is 0 Å². The molecule has 0 aliphatic heterocycles. The van der Waals surface area contributed by atoms with Crippen LogP contribution in [0.15, 0.2) is 12.7 Å². The maximum absolute atomic E-state index is 11.3. The lowest BCUT2D eigenvalue weighted by atomic mass is 9.89. The van der Waals surface area contributed by atoms with E-state index in [4.69, 9.17) is 4.74 Å². The Bertz CT molecular complexity index is 162. The van der Waals surface area contributed by atoms with Crippen molar-refractivity contribution in [1.29, 1.82) is 0 Å². The molecule has 0 aromatic carbocycles. The summed E-state index contributed by atoms with van der Waals surface area (Å²) in [6.07, 6.45) is 7.25. The van der Waals surface area contributed by atoms with E-state index < -0.39 is 0 Å². The maximum Gasteiger partial charge on any atom is 0.309 e. The third kappa shape index (κ3) is 4.32. The number of rotatable bonds is 3. The summed E-state index contributed by atoms with van der Waals surface area (Å²) in [5.74, 6) is 0.133. The molecule has 0 saturated heterocycles. The Morgan fingerprint density at radius 1 is 1.38 bits per heavy atom. The Morgan fingerprint density at radius 2 is 2.00 bits per heavy atom. The number of hydrogen-bond acceptors (Lipinski definition) is 2. The second-order valence-electron chi connectivity index (χ2n) is 3.25. The molecule has 0 atom stereocenters. The van der Waals surface area contributed by atoms with Gasteiger partial charge in [-0.15, -0.1) is 12.4 Å². The van der Waals surface area contributed by atoms with Gasteiger partial charge in [-0.1, -0.05) is 31.9 Å². The molecule has 13 heavy (non-hydrogen) atoms. The molecule has 76 valence electrons. The van der Waals surface area contributed by atoms with Crippen LogP contribution in [0.1, 0.15) is 32.1 Å². The molecule has 0 bridgehead atoms. The van der Waals surface area contributed by atoms with Gasteiger partial charge in [0.1, 0.15) is 6.61 Å². The summed E-state index contributed by atoms with van der Waals surface area (Å²) < 4.78 is 4.97. The molecule has 0 unspecified atom stereocenters. The zero-order chi connectivity index (χ0) is 8.81. The number of esters is 1. The van der Waals surface area contributed by atoms with E-state index in [1.54, 1.807) is 6.08 Å². The molecular formula is C10H17ClO2. The topological polar surface area (TPSA) is 26.3 Å². The molecule has 1 aliphatic rings. The van der Waals surface area contributed by atoms with Gasteiger partial charge in [-0.3, -0.25) is 4.79 Å². The van der Waals surface area contributed by atoms with Crippen LogP contribution in [0.25, 0.3) is 0 Å². The summed E-state index contributed by atoms with van der Waals surface area (Å²) >= 11 is 0. The number of carbonyl (C=O) groups is 1. The number of ether oxygens (including phenoxy) is 1. The molecule has 0 spiro atoms. The largest absolute Gasteiger partial charge is 0.461 e. The Hall–Kier alpha value is -0.500. The fourth-order valence-corrected chi connectivity index (χ4v) is 1.60. The van der Waals surface area contributed by atoms with Crippen molar-refractivity contribution >= 4 is 18.4 Å². The van der Waals surface area contributed by atoms with Crippen molar-refractivity contribution in [2.24, 2.45) is 5.92 Å². The van der Waals surface area contributed by atoms with Crippen LogP contribution in [0.4, 0.5) is 0 Å². The summed E-state index contributed by atoms with van der Waals surface area (Å²) in [5.41, 5.74) is 0. The first-order valence-electron chi connectivity index (χ1n) is 4.62. The maximum atomic E-state index is 11.3. The second-order valence-corrected chi connectivity index (χ2v) is 3.25. The van der Waals surface area contributed by atoms with Gasteiger partial charge in [-0.25, -0.2) is 0 Å². The highest BCUT2D eigenvalue weighted by Crippen LogP contribution is 2.24. The van der Waals surface area contributed by atoms with E-state index in [0.717, 1.165) is 12.8 Å². The first kappa shape index (κ1) is 12.5. The highest BCUT2D eigenvalue weighted by atomic mass is 35.5. The van der Waals surface area contributed by atoms with Crippen LogP contribution in [0.3, 0.4) is 0 Å². The smallest absolute Gasteiger partial charge is 0.309 e. The molecule has 0 aromatic heterocycles. The van der Waals surface area contributed by atoms with Crippen molar-refractivity contribution in [2.75, 3.05) is 6.61 Å². The van der Waals surface area contributed by atoms with Gasteiger partial charge in [-0.05, 0) is 12.8 Å². The molecule has 1 rings (SSSR count). The summed E-state index contributed by atoms with van der Waals surface area (Å²) in [6, 6.07) is 0. The zero-order valence-electron chi connectivity index (χ0n) is 7.83. The monoisotopic (exact) mass is 204 g/mol. The fraction of sp³-hybridized carbons (Fsp3) is 0.700. The van der Waals surface area contributed by atoms with Gasteiger partial charge in [0.2, 0.25) is 0 Å². The average Bonchev–Trinajstić information content (AvgIpc) is 2.15. The third-order valence-electron chi connectivity index (χ3n) is 2.28. The number of hydrogen-bond donors (Lipinski definition) is 0. The van der Waals surface area contributed by atoms with E-state index in [0.29, 0.717) is 6.61 Å².